The van der Waals surface area contributed by atoms with Crippen LogP contribution in [0.3, 0.4) is 0 Å². The van der Waals surface area contributed by atoms with Crippen molar-refractivity contribution in [1.82, 2.24) is 10.1 Å². The molecule has 0 aliphatic carbocycles. The number of nitrogens with two attached hydrogens (primary N) is 1. The van der Waals surface area contributed by atoms with Gasteiger partial charge >= 0.3 is 0 Å². The van der Waals surface area contributed by atoms with Crippen LogP contribution in [0.15, 0.2) is 53.1 Å². The number of nitrogen functional groups attached to an aromatic ring is 1. The Hall–Kier alpha value is -2.33. The molecule has 100 valence electrons. The van der Waals surface area contributed by atoms with Crippen molar-refractivity contribution in [1.29, 1.82) is 0 Å². The van der Waals surface area contributed by atoms with Crippen molar-refractivity contribution < 1.29 is 4.52 Å². The summed E-state index contributed by atoms with van der Waals surface area (Å²) in [5.41, 5.74) is 8.32. The summed E-state index contributed by atoms with van der Waals surface area (Å²) >= 11 is 5.85. The van der Waals surface area contributed by atoms with Crippen molar-refractivity contribution in [2.75, 3.05) is 5.73 Å². The Balaban J connectivity index is 1.82. The maximum atomic E-state index is 5.85. The molecule has 0 saturated carbocycles. The van der Waals surface area contributed by atoms with E-state index in [0.29, 0.717) is 28.8 Å². The van der Waals surface area contributed by atoms with E-state index in [1.54, 1.807) is 0 Å². The van der Waals surface area contributed by atoms with Crippen LogP contribution < -0.4 is 5.73 Å². The lowest BCUT2D eigenvalue weighted by atomic mass is 10.1. The average molecular weight is 286 g/mol. The molecule has 0 fully saturated rings. The van der Waals surface area contributed by atoms with Crippen LogP contribution in [-0.2, 0) is 6.42 Å². The van der Waals surface area contributed by atoms with Gasteiger partial charge in [-0.15, -0.1) is 0 Å². The monoisotopic (exact) mass is 285 g/mol. The Bertz CT molecular complexity index is 722. The van der Waals surface area contributed by atoms with E-state index < -0.39 is 0 Å². The van der Waals surface area contributed by atoms with E-state index in [-0.39, 0.29) is 0 Å². The third-order valence-electron chi connectivity index (χ3n) is 2.88. The molecule has 4 nitrogen and oxygen atoms in total. The fraction of sp³-hybridized carbons (Fsp3) is 0.0667. The smallest absolute Gasteiger partial charge is 0.231 e. The third kappa shape index (κ3) is 2.81. The number of hydrogen-bond acceptors (Lipinski definition) is 4. The van der Waals surface area contributed by atoms with Gasteiger partial charge in [-0.05, 0) is 29.8 Å². The summed E-state index contributed by atoms with van der Waals surface area (Å²) in [7, 11) is 0. The molecule has 0 radical (unpaired) electrons. The predicted molar refractivity (Wildman–Crippen MR) is 78.4 cm³/mol. The van der Waals surface area contributed by atoms with E-state index in [1.807, 2.05) is 48.5 Å². The molecule has 3 rings (SSSR count). The number of hydrogen-bond donors (Lipinski definition) is 1. The van der Waals surface area contributed by atoms with Crippen molar-refractivity contribution in [3.8, 4) is 11.4 Å². The Labute approximate surface area is 121 Å². The first-order valence-corrected chi connectivity index (χ1v) is 6.51. The van der Waals surface area contributed by atoms with Crippen LogP contribution in [0.2, 0.25) is 5.02 Å². The fourth-order valence-electron chi connectivity index (χ4n) is 1.90. The first-order valence-electron chi connectivity index (χ1n) is 6.14. The molecular weight excluding hydrogens is 274 g/mol. The van der Waals surface area contributed by atoms with Gasteiger partial charge in [0.25, 0.3) is 0 Å². The Morgan fingerprint density at radius 1 is 1.10 bits per heavy atom. The molecule has 1 aromatic heterocycles. The zero-order valence-corrected chi connectivity index (χ0v) is 11.3. The van der Waals surface area contributed by atoms with Crippen molar-refractivity contribution in [3.05, 3.63) is 65.0 Å². The van der Waals surface area contributed by atoms with Gasteiger partial charge < -0.3 is 10.3 Å². The minimum Gasteiger partial charge on any atom is -0.399 e. The van der Waals surface area contributed by atoms with Crippen LogP contribution >= 0.6 is 11.6 Å². The van der Waals surface area contributed by atoms with Crippen molar-refractivity contribution >= 4 is 17.3 Å². The number of anilines is 1. The van der Waals surface area contributed by atoms with Crippen molar-refractivity contribution in [3.63, 3.8) is 0 Å². The van der Waals surface area contributed by atoms with E-state index in [4.69, 9.17) is 21.9 Å². The van der Waals surface area contributed by atoms with E-state index in [9.17, 15) is 0 Å². The molecule has 0 amide bonds. The highest BCUT2D eigenvalue weighted by Gasteiger charge is 2.09. The molecule has 2 N–H and O–H groups in total. The number of halogens is 1. The zero-order chi connectivity index (χ0) is 13.9. The van der Waals surface area contributed by atoms with Crippen LogP contribution in [0.1, 0.15) is 11.5 Å². The fourth-order valence-corrected chi connectivity index (χ4v) is 2.02. The maximum absolute atomic E-state index is 5.85. The summed E-state index contributed by atoms with van der Waals surface area (Å²) in [6.07, 6.45) is 0.576. The lowest BCUT2D eigenvalue weighted by molar-refractivity contribution is 0.385. The second kappa shape index (κ2) is 5.35. The van der Waals surface area contributed by atoms with Gasteiger partial charge in [-0.1, -0.05) is 41.0 Å². The molecule has 0 spiro atoms. The molecule has 0 unspecified atom stereocenters. The molecule has 5 heteroatoms. The summed E-state index contributed by atoms with van der Waals surface area (Å²) in [5, 5.41) is 4.68. The quantitative estimate of drug-likeness (QED) is 0.747. The minimum absolute atomic E-state index is 0.543. The highest BCUT2D eigenvalue weighted by atomic mass is 35.5. The van der Waals surface area contributed by atoms with Gasteiger partial charge in [0.15, 0.2) is 0 Å². The van der Waals surface area contributed by atoms with Gasteiger partial charge in [-0.25, -0.2) is 0 Å². The molecule has 0 bridgehead atoms. The van der Waals surface area contributed by atoms with Gasteiger partial charge in [0.1, 0.15) is 0 Å². The normalized spacial score (nSPS) is 10.7. The molecule has 2 aromatic carbocycles. The van der Waals surface area contributed by atoms with Gasteiger partial charge in [0.2, 0.25) is 11.7 Å². The molecule has 0 atom stereocenters. The predicted octanol–water partition coefficient (Wildman–Crippen LogP) is 3.56. The Morgan fingerprint density at radius 2 is 1.90 bits per heavy atom. The number of rotatable bonds is 3. The molecule has 0 aliphatic heterocycles. The summed E-state index contributed by atoms with van der Waals surface area (Å²) in [6, 6.07) is 14.9. The van der Waals surface area contributed by atoms with E-state index >= 15 is 0 Å². The van der Waals surface area contributed by atoms with Crippen LogP contribution in [0.4, 0.5) is 5.69 Å². The highest BCUT2D eigenvalue weighted by molar-refractivity contribution is 6.30. The van der Waals surface area contributed by atoms with Crippen LogP contribution in [-0.4, -0.2) is 10.1 Å². The van der Waals surface area contributed by atoms with Crippen LogP contribution in [0, 0.1) is 0 Å². The molecule has 0 aliphatic rings. The second-order valence-corrected chi connectivity index (χ2v) is 4.88. The maximum Gasteiger partial charge on any atom is 0.231 e. The zero-order valence-electron chi connectivity index (χ0n) is 10.6. The SMILES string of the molecule is Nc1cccc(-c2noc(Cc3ccc(Cl)cc3)n2)c1. The molecule has 1 heterocycles. The van der Waals surface area contributed by atoms with E-state index in [1.165, 1.54) is 0 Å². The summed E-state index contributed by atoms with van der Waals surface area (Å²) in [4.78, 5) is 4.37. The van der Waals surface area contributed by atoms with Gasteiger partial charge in [0, 0.05) is 16.3 Å². The van der Waals surface area contributed by atoms with Gasteiger partial charge in [-0.3, -0.25) is 0 Å². The first-order chi connectivity index (χ1) is 9.70. The Morgan fingerprint density at radius 3 is 2.65 bits per heavy atom. The minimum atomic E-state index is 0.543. The lowest BCUT2D eigenvalue weighted by Gasteiger charge is -1.96. The largest absolute Gasteiger partial charge is 0.399 e. The molecule has 3 aromatic rings. The van der Waals surface area contributed by atoms with Crippen LogP contribution in [0.25, 0.3) is 11.4 Å². The van der Waals surface area contributed by atoms with Gasteiger partial charge in [-0.2, -0.15) is 4.98 Å². The number of aromatic nitrogens is 2. The van der Waals surface area contributed by atoms with Crippen LogP contribution in [0.5, 0.6) is 0 Å². The average Bonchev–Trinajstić information content (AvgIpc) is 2.90. The highest BCUT2D eigenvalue weighted by Crippen LogP contribution is 2.19. The number of nitrogens with zero attached hydrogens (tertiary/aromatic N) is 2. The van der Waals surface area contributed by atoms with E-state index in [2.05, 4.69) is 10.1 Å². The van der Waals surface area contributed by atoms with Crippen molar-refractivity contribution in [2.45, 2.75) is 6.42 Å². The molecule has 20 heavy (non-hydrogen) atoms. The second-order valence-electron chi connectivity index (χ2n) is 4.44. The first kappa shape index (κ1) is 12.7. The topological polar surface area (TPSA) is 64.9 Å². The summed E-state index contributed by atoms with van der Waals surface area (Å²) in [5.74, 6) is 1.10. The lowest BCUT2D eigenvalue weighted by Crippen LogP contribution is -1.89. The molecular formula is C15H12ClN3O. The van der Waals surface area contributed by atoms with Crippen molar-refractivity contribution in [2.24, 2.45) is 0 Å². The Kier molecular flexibility index (Phi) is 3.39. The standard InChI is InChI=1S/C15H12ClN3O/c16-12-6-4-10(5-7-12)8-14-18-15(19-20-14)11-2-1-3-13(17)9-11/h1-7,9H,8,17H2. The number of benzene rings is 2. The molecule has 0 saturated heterocycles. The van der Waals surface area contributed by atoms with Gasteiger partial charge in [0.05, 0.1) is 6.42 Å². The summed E-state index contributed by atoms with van der Waals surface area (Å²) in [6.45, 7) is 0. The summed E-state index contributed by atoms with van der Waals surface area (Å²) < 4.78 is 5.26. The third-order valence-corrected chi connectivity index (χ3v) is 3.13. The van der Waals surface area contributed by atoms with E-state index in [0.717, 1.165) is 11.1 Å².